The Hall–Kier alpha value is -2.18. The van der Waals surface area contributed by atoms with Gasteiger partial charge in [-0.15, -0.1) is 0 Å². The summed E-state index contributed by atoms with van der Waals surface area (Å²) in [6.45, 7) is -0.332. The maximum absolute atomic E-state index is 14.2. The molecular weight excluding hydrogens is 365 g/mol. The molecule has 0 aliphatic heterocycles. The van der Waals surface area contributed by atoms with Crippen LogP contribution in [0, 0.1) is 5.82 Å². The number of methoxy groups -OCH3 is 1. The van der Waals surface area contributed by atoms with Crippen molar-refractivity contribution < 1.29 is 18.8 Å². The molecule has 0 bridgehead atoms. The molecule has 3 aromatic rings. The van der Waals surface area contributed by atoms with Gasteiger partial charge >= 0.3 is 0 Å². The lowest BCUT2D eigenvalue weighted by Gasteiger charge is -2.07. The molecule has 2 aromatic carbocycles. The molecule has 0 aliphatic rings. The largest absolute Gasteiger partial charge is 0.496 e. The van der Waals surface area contributed by atoms with Gasteiger partial charge in [0.25, 0.3) is 0 Å². The molecule has 0 fully saturated rings. The molecule has 118 valence electrons. The summed E-state index contributed by atoms with van der Waals surface area (Å²) in [6.07, 6.45) is 0. The van der Waals surface area contributed by atoms with Crippen LogP contribution in [0.15, 0.2) is 51.5 Å². The quantitative estimate of drug-likeness (QED) is 0.731. The van der Waals surface area contributed by atoms with Crippen LogP contribution in [0.3, 0.4) is 0 Å². The number of hydrogen-bond acceptors (Lipinski definition) is 4. The van der Waals surface area contributed by atoms with Crippen molar-refractivity contribution in [3.05, 3.63) is 58.3 Å². The van der Waals surface area contributed by atoms with Gasteiger partial charge in [0.2, 0.25) is 0 Å². The van der Waals surface area contributed by atoms with Crippen molar-refractivity contribution in [1.82, 2.24) is 5.16 Å². The number of hydrogen-bond donors (Lipinski definition) is 1. The number of aromatic nitrogens is 1. The van der Waals surface area contributed by atoms with Crippen LogP contribution in [0.4, 0.5) is 4.39 Å². The Morgan fingerprint density at radius 3 is 2.70 bits per heavy atom. The van der Waals surface area contributed by atoms with Gasteiger partial charge in [-0.1, -0.05) is 33.2 Å². The molecule has 1 N–H and O–H groups in total. The van der Waals surface area contributed by atoms with Crippen molar-refractivity contribution >= 4 is 15.9 Å². The van der Waals surface area contributed by atoms with E-state index in [1.807, 2.05) is 12.1 Å². The summed E-state index contributed by atoms with van der Waals surface area (Å²) in [5.74, 6) is 0.341. The summed E-state index contributed by atoms with van der Waals surface area (Å²) in [7, 11) is 1.55. The first-order valence-corrected chi connectivity index (χ1v) is 7.63. The number of rotatable bonds is 4. The fourth-order valence-electron chi connectivity index (χ4n) is 2.39. The van der Waals surface area contributed by atoms with Gasteiger partial charge in [-0.25, -0.2) is 4.39 Å². The Labute approximate surface area is 140 Å². The minimum atomic E-state index is -0.461. The zero-order chi connectivity index (χ0) is 16.4. The van der Waals surface area contributed by atoms with Crippen LogP contribution in [0.5, 0.6) is 5.75 Å². The summed E-state index contributed by atoms with van der Waals surface area (Å²) >= 11 is 3.21. The van der Waals surface area contributed by atoms with Crippen molar-refractivity contribution in [2.75, 3.05) is 7.11 Å². The second-order valence-corrected chi connectivity index (χ2v) is 5.74. The Balaban J connectivity index is 2.17. The average Bonchev–Trinajstić information content (AvgIpc) is 2.98. The number of aliphatic hydroxyl groups excluding tert-OH is 1. The first-order valence-electron chi connectivity index (χ1n) is 6.84. The van der Waals surface area contributed by atoms with E-state index in [1.165, 1.54) is 6.07 Å². The van der Waals surface area contributed by atoms with E-state index in [0.29, 0.717) is 27.0 Å². The van der Waals surface area contributed by atoms with E-state index < -0.39 is 5.82 Å². The first-order chi connectivity index (χ1) is 11.2. The molecule has 0 unspecified atom stereocenters. The highest BCUT2D eigenvalue weighted by Crippen LogP contribution is 2.37. The van der Waals surface area contributed by atoms with Gasteiger partial charge in [0.05, 0.1) is 24.8 Å². The van der Waals surface area contributed by atoms with Crippen LogP contribution in [0.2, 0.25) is 0 Å². The molecule has 4 nitrogen and oxygen atoms in total. The van der Waals surface area contributed by atoms with E-state index in [1.54, 1.807) is 31.4 Å². The van der Waals surface area contributed by atoms with Gasteiger partial charge in [-0.3, -0.25) is 0 Å². The first kappa shape index (κ1) is 15.7. The molecule has 0 spiro atoms. The van der Waals surface area contributed by atoms with Gasteiger partial charge in [0.15, 0.2) is 5.76 Å². The summed E-state index contributed by atoms with van der Waals surface area (Å²) in [4.78, 5) is 0. The van der Waals surface area contributed by atoms with Crippen LogP contribution in [-0.2, 0) is 6.61 Å². The van der Waals surface area contributed by atoms with E-state index in [9.17, 15) is 9.50 Å². The van der Waals surface area contributed by atoms with Gasteiger partial charge < -0.3 is 14.4 Å². The Kier molecular flexibility index (Phi) is 4.45. The van der Waals surface area contributed by atoms with Crippen molar-refractivity contribution in [3.63, 3.8) is 0 Å². The monoisotopic (exact) mass is 377 g/mol. The topological polar surface area (TPSA) is 55.5 Å². The Morgan fingerprint density at radius 1 is 1.22 bits per heavy atom. The van der Waals surface area contributed by atoms with Crippen molar-refractivity contribution in [2.45, 2.75) is 6.61 Å². The van der Waals surface area contributed by atoms with Crippen molar-refractivity contribution in [1.29, 1.82) is 0 Å². The third-order valence-electron chi connectivity index (χ3n) is 3.48. The summed E-state index contributed by atoms with van der Waals surface area (Å²) in [5.41, 5.74) is 1.76. The lowest BCUT2D eigenvalue weighted by atomic mass is 10.0. The number of halogens is 2. The lowest BCUT2D eigenvalue weighted by molar-refractivity contribution is 0.281. The van der Waals surface area contributed by atoms with Gasteiger partial charge in [-0.2, -0.15) is 0 Å². The highest BCUT2D eigenvalue weighted by atomic mass is 79.9. The van der Waals surface area contributed by atoms with Crippen molar-refractivity contribution in [3.8, 4) is 28.3 Å². The maximum atomic E-state index is 14.2. The highest BCUT2D eigenvalue weighted by Gasteiger charge is 2.22. The molecule has 1 aromatic heterocycles. The molecule has 0 aliphatic carbocycles. The molecule has 0 atom stereocenters. The van der Waals surface area contributed by atoms with Crippen LogP contribution >= 0.6 is 15.9 Å². The number of aliphatic hydroxyl groups is 1. The fraction of sp³-hybridized carbons (Fsp3) is 0.118. The molecular formula is C17H13BrFNO3. The van der Waals surface area contributed by atoms with Gasteiger partial charge in [0, 0.05) is 10.0 Å². The zero-order valence-electron chi connectivity index (χ0n) is 12.2. The zero-order valence-corrected chi connectivity index (χ0v) is 13.8. The van der Waals surface area contributed by atoms with Crippen LogP contribution in [-0.4, -0.2) is 17.4 Å². The molecule has 6 heteroatoms. The summed E-state index contributed by atoms with van der Waals surface area (Å²) in [5, 5.41) is 13.8. The van der Waals surface area contributed by atoms with Crippen LogP contribution in [0.1, 0.15) is 5.56 Å². The van der Waals surface area contributed by atoms with E-state index >= 15 is 0 Å². The second-order valence-electron chi connectivity index (χ2n) is 4.82. The van der Waals surface area contributed by atoms with E-state index in [2.05, 4.69) is 21.1 Å². The van der Waals surface area contributed by atoms with E-state index in [4.69, 9.17) is 9.26 Å². The van der Waals surface area contributed by atoms with E-state index in [0.717, 1.165) is 0 Å². The standard InChI is InChI=1S/C17H13BrFNO3/c1-22-15-5-3-2-4-12(15)16-13(9-21)17(23-20-16)11-7-6-10(18)8-14(11)19/h2-8,21H,9H2,1H3. The summed E-state index contributed by atoms with van der Waals surface area (Å²) < 4.78 is 25.4. The minimum Gasteiger partial charge on any atom is -0.496 e. The Morgan fingerprint density at radius 2 is 2.00 bits per heavy atom. The predicted octanol–water partition coefficient (Wildman–Crippen LogP) is 4.41. The number of ether oxygens (including phenoxy) is 1. The molecule has 23 heavy (non-hydrogen) atoms. The van der Waals surface area contributed by atoms with Gasteiger partial charge in [-0.05, 0) is 30.3 Å². The lowest BCUT2D eigenvalue weighted by Crippen LogP contribution is -1.93. The van der Waals surface area contributed by atoms with Crippen LogP contribution < -0.4 is 4.74 Å². The molecule has 0 saturated heterocycles. The number of benzene rings is 2. The normalized spacial score (nSPS) is 10.8. The molecule has 0 amide bonds. The van der Waals surface area contributed by atoms with Gasteiger partial charge in [0.1, 0.15) is 17.3 Å². The number of nitrogens with zero attached hydrogens (tertiary/aromatic N) is 1. The SMILES string of the molecule is COc1ccccc1-c1noc(-c2ccc(Br)cc2F)c1CO. The molecule has 0 saturated carbocycles. The average molecular weight is 378 g/mol. The van der Waals surface area contributed by atoms with Crippen molar-refractivity contribution in [2.24, 2.45) is 0 Å². The molecule has 1 heterocycles. The third kappa shape index (κ3) is 2.87. The van der Waals surface area contributed by atoms with Crippen LogP contribution in [0.25, 0.3) is 22.6 Å². The minimum absolute atomic E-state index is 0.207. The highest BCUT2D eigenvalue weighted by molar-refractivity contribution is 9.10. The molecule has 0 radical (unpaired) electrons. The Bertz CT molecular complexity index is 848. The smallest absolute Gasteiger partial charge is 0.175 e. The predicted molar refractivity (Wildman–Crippen MR) is 87.5 cm³/mol. The maximum Gasteiger partial charge on any atom is 0.175 e. The third-order valence-corrected chi connectivity index (χ3v) is 3.98. The second kappa shape index (κ2) is 6.52. The number of para-hydroxylation sites is 1. The molecule has 3 rings (SSSR count). The summed E-state index contributed by atoms with van der Waals surface area (Å²) in [6, 6.07) is 11.9. The fourth-order valence-corrected chi connectivity index (χ4v) is 2.73. The van der Waals surface area contributed by atoms with E-state index in [-0.39, 0.29) is 17.9 Å².